The number of aromatic nitrogens is 3. The van der Waals surface area contributed by atoms with Crippen molar-refractivity contribution in [1.82, 2.24) is 25.2 Å². The molecular formula is C71H117N5O24. The number of amides is 2. The molecule has 4 heterocycles. The van der Waals surface area contributed by atoms with Gasteiger partial charge in [0.25, 0.3) is 0 Å². The van der Waals surface area contributed by atoms with E-state index in [2.05, 4.69) is 29.5 Å². The number of esters is 8. The molecule has 29 heteroatoms. The molecule has 3 aliphatic heterocycles. The second-order valence-electron chi connectivity index (χ2n) is 28.3. The van der Waals surface area contributed by atoms with E-state index in [0.717, 1.165) is 92.9 Å². The van der Waals surface area contributed by atoms with Crippen molar-refractivity contribution in [3.05, 3.63) is 11.9 Å². The highest BCUT2D eigenvalue weighted by Crippen LogP contribution is 2.39. The third-order valence-electron chi connectivity index (χ3n) is 16.9. The Kier molecular flexibility index (Phi) is 37.4. The summed E-state index contributed by atoms with van der Waals surface area (Å²) in [5.41, 5.74) is -2.33. The summed E-state index contributed by atoms with van der Waals surface area (Å²) in [6, 6.07) is 0. The van der Waals surface area contributed by atoms with Gasteiger partial charge in [0, 0.05) is 54.6 Å². The standard InChI is InChI=1S/C71H117N5O24/c1-17-19-21-23-25-27-29-31-33-35-37-72-54(83)40-75(38-36-34-32-30-28-26-24-22-20-18-2)55(84)41-76-39-52(73-74-76)42-87-65-62(99-67-64(96-51(10)82)60(94-49(8)80)57(45(4)90-67)92-47(6)78)61(100-69(86)71(14,15)16)58(53(97-65)43-88-68(85)70(11,12)13)98-66-63(95-50(9)81)59(93-48(7)79)56(44(3)89-66)91-46(5)77/h39,44-45,53,56-67H,17-38,40-43H2,1-16H3,(H,72,83)/t44-,45-,53+,56-,57-,58+,59+,60+,61-,62+,63+,64+,65+,66-,67-/m0/s1. The van der Waals surface area contributed by atoms with Crippen LogP contribution in [0.5, 0.6) is 0 Å². The highest BCUT2D eigenvalue weighted by molar-refractivity contribution is 5.84. The van der Waals surface area contributed by atoms with Gasteiger partial charge in [-0.25, -0.2) is 4.68 Å². The molecule has 570 valence electrons. The van der Waals surface area contributed by atoms with Gasteiger partial charge in [0.1, 0.15) is 31.1 Å². The van der Waals surface area contributed by atoms with Crippen molar-refractivity contribution in [2.24, 2.45) is 10.8 Å². The molecule has 0 bridgehead atoms. The SMILES string of the molecule is CCCCCCCCCCCCNC(=O)CN(CCCCCCCCCCCC)C(=O)Cn1cc(CO[C@@H]2O[C@H](COC(=O)C(C)(C)C)[C@@H](O[C@@H]3O[C@@H](C)[C@H](OC(C)=O)[C@@H](OC(C)=O)[C@H]3OC(C)=O)[C@H](OC(=O)C(C)(C)C)[C@H]2O[C@@H]2O[C@@H](C)[C@H](OC(C)=O)[C@@H](OC(C)=O)[C@H]2OC(C)=O)nn1. The Labute approximate surface area is 590 Å². The fourth-order valence-electron chi connectivity index (χ4n) is 11.8. The van der Waals surface area contributed by atoms with Gasteiger partial charge in [-0.05, 0) is 68.2 Å². The molecule has 1 aromatic heterocycles. The van der Waals surface area contributed by atoms with Crippen LogP contribution in [0, 0.1) is 10.8 Å². The molecule has 0 unspecified atom stereocenters. The quantitative estimate of drug-likeness (QED) is 0.0363. The summed E-state index contributed by atoms with van der Waals surface area (Å²) in [6.07, 6.45) is -0.910. The fraction of sp³-hybridized carbons (Fsp3) is 0.831. The molecule has 0 radical (unpaired) electrons. The zero-order valence-corrected chi connectivity index (χ0v) is 62.2. The van der Waals surface area contributed by atoms with Crippen molar-refractivity contribution in [2.45, 2.75) is 344 Å². The summed E-state index contributed by atoms with van der Waals surface area (Å²) in [4.78, 5) is 135. The molecule has 1 aromatic rings. The van der Waals surface area contributed by atoms with Crippen LogP contribution in [0.1, 0.15) is 245 Å². The van der Waals surface area contributed by atoms with E-state index in [-0.39, 0.29) is 24.7 Å². The van der Waals surface area contributed by atoms with Crippen molar-refractivity contribution in [3.63, 3.8) is 0 Å². The van der Waals surface area contributed by atoms with Crippen LogP contribution < -0.4 is 5.32 Å². The minimum Gasteiger partial charge on any atom is -0.462 e. The van der Waals surface area contributed by atoms with E-state index >= 15 is 0 Å². The third-order valence-corrected chi connectivity index (χ3v) is 16.9. The molecule has 0 aliphatic carbocycles. The summed E-state index contributed by atoms with van der Waals surface area (Å²) in [7, 11) is 0. The van der Waals surface area contributed by atoms with E-state index in [4.69, 9.17) is 66.3 Å². The third kappa shape index (κ3) is 30.3. The van der Waals surface area contributed by atoms with Gasteiger partial charge in [0.15, 0.2) is 67.7 Å². The van der Waals surface area contributed by atoms with Crippen LogP contribution in [0.25, 0.3) is 0 Å². The summed E-state index contributed by atoms with van der Waals surface area (Å²) in [6.45, 7) is 22.3. The molecule has 100 heavy (non-hydrogen) atoms. The topological polar surface area (TPSA) is 346 Å². The average molecular weight is 1420 g/mol. The lowest BCUT2D eigenvalue weighted by molar-refractivity contribution is -0.386. The molecule has 0 aromatic carbocycles. The zero-order valence-electron chi connectivity index (χ0n) is 62.2. The molecule has 4 rings (SSSR count). The first-order valence-corrected chi connectivity index (χ1v) is 36.0. The maximum Gasteiger partial charge on any atom is 0.311 e. The molecule has 15 atom stereocenters. The van der Waals surface area contributed by atoms with Crippen molar-refractivity contribution >= 4 is 59.6 Å². The number of carbonyl (C=O) groups is 10. The van der Waals surface area contributed by atoms with E-state index in [9.17, 15) is 47.9 Å². The average Bonchev–Trinajstić information content (AvgIpc) is 0.831. The Hall–Kier alpha value is -6.40. The number of nitrogens with zero attached hydrogens (tertiary/aromatic N) is 4. The van der Waals surface area contributed by atoms with Crippen LogP contribution in [0.4, 0.5) is 0 Å². The fourth-order valence-corrected chi connectivity index (χ4v) is 11.8. The number of hydrogen-bond acceptors (Lipinski definition) is 26. The zero-order chi connectivity index (χ0) is 74.3. The van der Waals surface area contributed by atoms with Crippen LogP contribution in [0.2, 0.25) is 0 Å². The monoisotopic (exact) mass is 1420 g/mol. The molecule has 3 aliphatic rings. The Balaban J connectivity index is 1.81. The minimum atomic E-state index is -1.88. The van der Waals surface area contributed by atoms with Gasteiger partial charge in [-0.3, -0.25) is 47.9 Å². The van der Waals surface area contributed by atoms with Crippen molar-refractivity contribution in [3.8, 4) is 0 Å². The second kappa shape index (κ2) is 43.5. The highest BCUT2D eigenvalue weighted by atomic mass is 16.8. The molecule has 2 amide bonds. The van der Waals surface area contributed by atoms with Gasteiger partial charge in [-0.1, -0.05) is 135 Å². The first kappa shape index (κ1) is 86.0. The van der Waals surface area contributed by atoms with Crippen LogP contribution >= 0.6 is 0 Å². The normalized spacial score (nSPS) is 25.3. The Morgan fingerprint density at radius 2 is 0.880 bits per heavy atom. The van der Waals surface area contributed by atoms with Crippen LogP contribution in [-0.4, -0.2) is 198 Å². The number of carbonyl (C=O) groups excluding carboxylic acids is 10. The van der Waals surface area contributed by atoms with E-state index in [1.807, 2.05) is 0 Å². The van der Waals surface area contributed by atoms with Crippen LogP contribution in [-0.2, 0) is 127 Å². The predicted molar refractivity (Wildman–Crippen MR) is 358 cm³/mol. The lowest BCUT2D eigenvalue weighted by atomic mass is 9.94. The number of hydrogen-bond donors (Lipinski definition) is 1. The summed E-state index contributed by atoms with van der Waals surface area (Å²) < 4.78 is 87.5. The first-order valence-electron chi connectivity index (χ1n) is 36.0. The molecule has 3 saturated heterocycles. The molecular weight excluding hydrogens is 1310 g/mol. The lowest BCUT2D eigenvalue weighted by Crippen LogP contribution is -2.68. The Bertz CT molecular complexity index is 2730. The molecule has 1 N–H and O–H groups in total. The van der Waals surface area contributed by atoms with Gasteiger partial charge >= 0.3 is 47.8 Å². The van der Waals surface area contributed by atoms with Crippen LogP contribution in [0.3, 0.4) is 0 Å². The predicted octanol–water partition coefficient (Wildman–Crippen LogP) is 8.70. The van der Waals surface area contributed by atoms with Gasteiger partial charge < -0.3 is 76.5 Å². The smallest absolute Gasteiger partial charge is 0.311 e. The minimum absolute atomic E-state index is 0.107. The maximum absolute atomic E-state index is 14.6. The second-order valence-corrected chi connectivity index (χ2v) is 28.3. The van der Waals surface area contributed by atoms with Crippen LogP contribution in [0.15, 0.2) is 6.20 Å². The maximum atomic E-state index is 14.6. The van der Waals surface area contributed by atoms with E-state index in [0.29, 0.717) is 19.5 Å². The van der Waals surface area contributed by atoms with Gasteiger partial charge in [-0.2, -0.15) is 0 Å². The van der Waals surface area contributed by atoms with Crippen molar-refractivity contribution in [2.75, 3.05) is 26.2 Å². The highest BCUT2D eigenvalue weighted by Gasteiger charge is 2.60. The van der Waals surface area contributed by atoms with E-state index in [1.54, 1.807) is 41.5 Å². The van der Waals surface area contributed by atoms with E-state index < -0.39 is 170 Å². The molecule has 29 nitrogen and oxygen atoms in total. The lowest BCUT2D eigenvalue weighted by Gasteiger charge is -2.50. The number of rotatable bonds is 42. The van der Waals surface area contributed by atoms with Crippen molar-refractivity contribution in [1.29, 1.82) is 0 Å². The largest absolute Gasteiger partial charge is 0.462 e. The summed E-state index contributed by atoms with van der Waals surface area (Å²) in [5.74, 6) is -7.61. The van der Waals surface area contributed by atoms with Gasteiger partial charge in [-0.15, -0.1) is 5.10 Å². The number of nitrogens with one attached hydrogen (secondary N) is 1. The number of unbranched alkanes of at least 4 members (excludes halogenated alkanes) is 18. The summed E-state index contributed by atoms with van der Waals surface area (Å²) in [5, 5.41) is 11.6. The van der Waals surface area contributed by atoms with Gasteiger partial charge in [0.2, 0.25) is 11.8 Å². The van der Waals surface area contributed by atoms with E-state index in [1.165, 1.54) is 100 Å². The first-order chi connectivity index (χ1) is 47.2. The Morgan fingerprint density at radius 3 is 1.32 bits per heavy atom. The Morgan fingerprint density at radius 1 is 0.480 bits per heavy atom. The molecule has 0 saturated carbocycles. The molecule has 0 spiro atoms. The van der Waals surface area contributed by atoms with Gasteiger partial charge in [0.05, 0.1) is 42.4 Å². The molecule has 3 fully saturated rings. The number of ether oxygens (including phenoxy) is 14. The summed E-state index contributed by atoms with van der Waals surface area (Å²) >= 11 is 0. The van der Waals surface area contributed by atoms with Crippen molar-refractivity contribution < 1.29 is 114 Å².